The van der Waals surface area contributed by atoms with Gasteiger partial charge in [0.1, 0.15) is 5.75 Å². The second kappa shape index (κ2) is 5.57. The Morgan fingerprint density at radius 3 is 3.08 bits per heavy atom. The molecule has 3 heterocycles. The maximum Gasteiger partial charge on any atom is 0.324 e. The lowest BCUT2D eigenvalue weighted by molar-refractivity contribution is 0.202. The Kier molecular flexibility index (Phi) is 3.43. The van der Waals surface area contributed by atoms with Crippen LogP contribution in [0.1, 0.15) is 24.8 Å². The van der Waals surface area contributed by atoms with Crippen molar-refractivity contribution < 1.29 is 9.53 Å². The van der Waals surface area contributed by atoms with Crippen molar-refractivity contribution in [1.29, 1.82) is 0 Å². The number of fused-ring (bicyclic) bond motifs is 4. The third-order valence-corrected chi connectivity index (χ3v) is 6.83. The highest BCUT2D eigenvalue weighted by atomic mass is 32.1. The number of carbonyl (C=O) groups is 1. The molecule has 0 spiro atoms. The van der Waals surface area contributed by atoms with Crippen molar-refractivity contribution in [2.45, 2.75) is 43.8 Å². The predicted octanol–water partition coefficient (Wildman–Crippen LogP) is 2.61. The van der Waals surface area contributed by atoms with Gasteiger partial charge in [0.05, 0.1) is 28.9 Å². The van der Waals surface area contributed by atoms with Crippen LogP contribution in [0, 0.1) is 0 Å². The summed E-state index contributed by atoms with van der Waals surface area (Å²) in [5.74, 6) is 0.943. The number of urea groups is 1. The van der Waals surface area contributed by atoms with Gasteiger partial charge in [-0.2, -0.15) is 0 Å². The zero-order valence-electron chi connectivity index (χ0n) is 14.5. The molecule has 1 aromatic heterocycles. The third kappa shape index (κ3) is 2.33. The van der Waals surface area contributed by atoms with Crippen molar-refractivity contribution in [3.8, 4) is 5.75 Å². The molecule has 2 aromatic rings. The first-order chi connectivity index (χ1) is 12.1. The number of ether oxygens (including phenoxy) is 1. The van der Waals surface area contributed by atoms with E-state index in [1.807, 2.05) is 11.0 Å². The van der Waals surface area contributed by atoms with Gasteiger partial charge in [0.15, 0.2) is 5.13 Å². The van der Waals surface area contributed by atoms with E-state index in [0.717, 1.165) is 53.4 Å². The molecule has 0 radical (unpaired) electrons. The van der Waals surface area contributed by atoms with Crippen molar-refractivity contribution in [3.05, 3.63) is 17.7 Å². The molecule has 25 heavy (non-hydrogen) atoms. The fourth-order valence-corrected chi connectivity index (χ4v) is 5.47. The van der Waals surface area contributed by atoms with Gasteiger partial charge < -0.3 is 15.0 Å². The largest absolute Gasteiger partial charge is 0.493 e. The van der Waals surface area contributed by atoms with E-state index < -0.39 is 0 Å². The molecule has 1 aromatic carbocycles. The summed E-state index contributed by atoms with van der Waals surface area (Å²) in [4.78, 5) is 21.7. The number of hydrogen-bond donors (Lipinski definition) is 1. The molecule has 2 fully saturated rings. The summed E-state index contributed by atoms with van der Waals surface area (Å²) in [6.45, 7) is 0.723. The molecule has 1 saturated heterocycles. The van der Waals surface area contributed by atoms with E-state index in [-0.39, 0.29) is 18.1 Å². The normalized spacial score (nSPS) is 28.2. The number of anilines is 1. The van der Waals surface area contributed by atoms with Crippen LogP contribution >= 0.6 is 11.3 Å². The molecule has 0 unspecified atom stereocenters. The molecule has 7 heteroatoms. The topological polar surface area (TPSA) is 57.7 Å². The van der Waals surface area contributed by atoms with Gasteiger partial charge in [-0.3, -0.25) is 4.90 Å². The average Bonchev–Trinajstić information content (AvgIpc) is 3.28. The number of nitrogens with zero attached hydrogens (tertiary/aromatic N) is 3. The van der Waals surface area contributed by atoms with Crippen LogP contribution in [0.3, 0.4) is 0 Å². The maximum absolute atomic E-state index is 12.7. The summed E-state index contributed by atoms with van der Waals surface area (Å²) in [6, 6.07) is 5.05. The summed E-state index contributed by atoms with van der Waals surface area (Å²) < 4.78 is 6.79. The van der Waals surface area contributed by atoms with E-state index in [1.54, 1.807) is 11.3 Å². The van der Waals surface area contributed by atoms with E-state index in [2.05, 4.69) is 30.4 Å². The Labute approximate surface area is 150 Å². The molecule has 3 atom stereocenters. The fourth-order valence-electron chi connectivity index (χ4n) is 4.42. The highest BCUT2D eigenvalue weighted by Gasteiger charge is 2.45. The van der Waals surface area contributed by atoms with Crippen molar-refractivity contribution in [2.24, 2.45) is 0 Å². The number of amides is 2. The quantitative estimate of drug-likeness (QED) is 0.897. The Balaban J connectivity index is 1.53. The lowest BCUT2D eigenvalue weighted by Gasteiger charge is -2.36. The molecule has 1 N–H and O–H groups in total. The molecule has 1 saturated carbocycles. The van der Waals surface area contributed by atoms with Gasteiger partial charge >= 0.3 is 6.03 Å². The Bertz CT molecular complexity index is 849. The van der Waals surface area contributed by atoms with E-state index in [0.29, 0.717) is 6.04 Å². The molecule has 6 nitrogen and oxygen atoms in total. The van der Waals surface area contributed by atoms with Crippen molar-refractivity contribution in [1.82, 2.24) is 15.2 Å². The standard InChI is InChI=1S/C18H22N4O2S/c1-21(2)10-3-4-12-13(9-10)22(17(23)19-12)18-20-16-11-7-8-24-14(11)5-6-15(16)25-18/h5-6,10,12-13H,3-4,7-9H2,1-2H3,(H,19,23)/t10-,12-,13+/m0/s1. The van der Waals surface area contributed by atoms with Crippen molar-refractivity contribution in [3.63, 3.8) is 0 Å². The predicted molar refractivity (Wildman–Crippen MR) is 98.7 cm³/mol. The number of rotatable bonds is 2. The summed E-state index contributed by atoms with van der Waals surface area (Å²) in [5, 5.41) is 3.99. The van der Waals surface area contributed by atoms with Gasteiger partial charge in [0.2, 0.25) is 0 Å². The smallest absolute Gasteiger partial charge is 0.324 e. The zero-order chi connectivity index (χ0) is 17.1. The number of benzene rings is 1. The number of aromatic nitrogens is 1. The highest BCUT2D eigenvalue weighted by Crippen LogP contribution is 2.40. The van der Waals surface area contributed by atoms with Gasteiger partial charge in [-0.1, -0.05) is 11.3 Å². The first-order valence-electron chi connectivity index (χ1n) is 8.93. The zero-order valence-corrected chi connectivity index (χ0v) is 15.3. The number of thiazole rings is 1. The Morgan fingerprint density at radius 2 is 2.24 bits per heavy atom. The molecule has 5 rings (SSSR count). The molecule has 1 aliphatic carbocycles. The fraction of sp³-hybridized carbons (Fsp3) is 0.556. The SMILES string of the molecule is CN(C)[C@H]1CC[C@@H]2NC(=O)N(c3nc4c5c(ccc4s3)OCC5)[C@@H]2C1. The van der Waals surface area contributed by atoms with E-state index in [1.165, 1.54) is 5.56 Å². The van der Waals surface area contributed by atoms with Gasteiger partial charge in [-0.15, -0.1) is 0 Å². The van der Waals surface area contributed by atoms with Crippen LogP contribution in [0.4, 0.5) is 9.93 Å². The van der Waals surface area contributed by atoms with Crippen molar-refractivity contribution in [2.75, 3.05) is 25.6 Å². The molecular weight excluding hydrogens is 336 g/mol. The summed E-state index contributed by atoms with van der Waals surface area (Å²) in [7, 11) is 4.25. The van der Waals surface area contributed by atoms with Crippen LogP contribution in [0.25, 0.3) is 10.2 Å². The second-order valence-electron chi connectivity index (χ2n) is 7.41. The lowest BCUT2D eigenvalue weighted by atomic mass is 9.87. The third-order valence-electron chi connectivity index (χ3n) is 5.81. The van der Waals surface area contributed by atoms with Crippen LogP contribution < -0.4 is 15.0 Å². The van der Waals surface area contributed by atoms with Gasteiger partial charge in [0, 0.05) is 18.0 Å². The minimum absolute atomic E-state index is 0.00126. The summed E-state index contributed by atoms with van der Waals surface area (Å²) >= 11 is 1.61. The van der Waals surface area contributed by atoms with E-state index >= 15 is 0 Å². The minimum atomic E-state index is 0.00126. The molecule has 3 aliphatic rings. The minimum Gasteiger partial charge on any atom is -0.493 e. The van der Waals surface area contributed by atoms with Crippen LogP contribution in [0.5, 0.6) is 5.75 Å². The first-order valence-corrected chi connectivity index (χ1v) is 9.75. The summed E-state index contributed by atoms with van der Waals surface area (Å²) in [5.41, 5.74) is 2.19. The molecular formula is C18H22N4O2S. The monoisotopic (exact) mass is 358 g/mol. The molecule has 2 amide bonds. The maximum atomic E-state index is 12.7. The van der Waals surface area contributed by atoms with Gasteiger partial charge in [-0.05, 0) is 45.5 Å². The first kappa shape index (κ1) is 15.4. The average molecular weight is 358 g/mol. The summed E-state index contributed by atoms with van der Waals surface area (Å²) in [6.07, 6.45) is 4.06. The van der Waals surface area contributed by atoms with Gasteiger partial charge in [0.25, 0.3) is 0 Å². The number of carbonyl (C=O) groups excluding carboxylic acids is 1. The van der Waals surface area contributed by atoms with Crippen LogP contribution in [-0.4, -0.2) is 54.7 Å². The Morgan fingerprint density at radius 1 is 1.36 bits per heavy atom. The van der Waals surface area contributed by atoms with E-state index in [9.17, 15) is 4.79 Å². The van der Waals surface area contributed by atoms with Crippen LogP contribution in [0.15, 0.2) is 12.1 Å². The lowest BCUT2D eigenvalue weighted by Crippen LogP contribution is -2.47. The molecule has 132 valence electrons. The van der Waals surface area contributed by atoms with Gasteiger partial charge in [-0.25, -0.2) is 9.78 Å². The highest BCUT2D eigenvalue weighted by molar-refractivity contribution is 7.22. The number of nitrogens with one attached hydrogen (secondary N) is 1. The second-order valence-corrected chi connectivity index (χ2v) is 8.42. The van der Waals surface area contributed by atoms with Crippen molar-refractivity contribution >= 4 is 32.7 Å². The molecule has 2 aliphatic heterocycles. The van der Waals surface area contributed by atoms with Crippen LogP contribution in [-0.2, 0) is 6.42 Å². The molecule has 0 bridgehead atoms. The van der Waals surface area contributed by atoms with Crippen LogP contribution in [0.2, 0.25) is 0 Å². The Hall–Kier alpha value is -1.86. The van der Waals surface area contributed by atoms with E-state index in [4.69, 9.17) is 9.72 Å². The number of hydrogen-bond acceptors (Lipinski definition) is 5.